The van der Waals surface area contributed by atoms with Crippen LogP contribution in [-0.4, -0.2) is 42.9 Å². The standard InChI is InChI=1S/C17H20N2O/c1-13(19-10-8-18-9-11-19)17(20)16-7-6-14-4-2-3-5-15(14)12-16/h2-7,12-13,18H,8-11H2,1H3. The molecule has 1 saturated heterocycles. The van der Waals surface area contributed by atoms with Gasteiger partial charge in [-0.3, -0.25) is 9.69 Å². The zero-order valence-corrected chi connectivity index (χ0v) is 11.8. The second-order valence-electron chi connectivity index (χ2n) is 5.39. The minimum Gasteiger partial charge on any atom is -0.314 e. The lowest BCUT2D eigenvalue weighted by Crippen LogP contribution is -2.50. The van der Waals surface area contributed by atoms with Crippen LogP contribution in [0.5, 0.6) is 0 Å². The molecule has 1 fully saturated rings. The second kappa shape index (κ2) is 5.73. The van der Waals surface area contributed by atoms with E-state index in [4.69, 9.17) is 0 Å². The summed E-state index contributed by atoms with van der Waals surface area (Å²) in [6.45, 7) is 5.84. The number of carbonyl (C=O) groups excluding carboxylic acids is 1. The maximum absolute atomic E-state index is 12.6. The summed E-state index contributed by atoms with van der Waals surface area (Å²) in [5, 5.41) is 5.63. The van der Waals surface area contributed by atoms with Crippen LogP contribution in [0.3, 0.4) is 0 Å². The highest BCUT2D eigenvalue weighted by atomic mass is 16.1. The first-order valence-electron chi connectivity index (χ1n) is 7.23. The third kappa shape index (κ3) is 2.60. The molecule has 3 nitrogen and oxygen atoms in total. The average molecular weight is 268 g/mol. The molecule has 1 aliphatic rings. The van der Waals surface area contributed by atoms with Gasteiger partial charge in [0.25, 0.3) is 0 Å². The van der Waals surface area contributed by atoms with E-state index in [1.165, 1.54) is 5.39 Å². The minimum absolute atomic E-state index is 0.0433. The van der Waals surface area contributed by atoms with Gasteiger partial charge in [-0.15, -0.1) is 0 Å². The van der Waals surface area contributed by atoms with Crippen LogP contribution in [0, 0.1) is 0 Å². The third-order valence-corrected chi connectivity index (χ3v) is 4.11. The van der Waals surface area contributed by atoms with Crippen LogP contribution in [0.1, 0.15) is 17.3 Å². The smallest absolute Gasteiger partial charge is 0.179 e. The topological polar surface area (TPSA) is 32.3 Å². The Labute approximate surface area is 119 Å². The lowest BCUT2D eigenvalue weighted by Gasteiger charge is -2.31. The molecule has 0 bridgehead atoms. The summed E-state index contributed by atoms with van der Waals surface area (Å²) in [5.74, 6) is 0.220. The van der Waals surface area contributed by atoms with Gasteiger partial charge < -0.3 is 5.32 Å². The number of benzene rings is 2. The number of carbonyl (C=O) groups is 1. The van der Waals surface area contributed by atoms with Crippen molar-refractivity contribution in [2.24, 2.45) is 0 Å². The maximum Gasteiger partial charge on any atom is 0.179 e. The number of fused-ring (bicyclic) bond motifs is 1. The molecule has 0 radical (unpaired) electrons. The Morgan fingerprint density at radius 1 is 1.10 bits per heavy atom. The highest BCUT2D eigenvalue weighted by Gasteiger charge is 2.23. The van der Waals surface area contributed by atoms with Crippen molar-refractivity contribution in [3.63, 3.8) is 0 Å². The Balaban J connectivity index is 1.83. The van der Waals surface area contributed by atoms with Crippen LogP contribution in [0.2, 0.25) is 0 Å². The third-order valence-electron chi connectivity index (χ3n) is 4.11. The lowest BCUT2D eigenvalue weighted by molar-refractivity contribution is 0.0820. The fourth-order valence-corrected chi connectivity index (χ4v) is 2.82. The first-order valence-corrected chi connectivity index (χ1v) is 7.23. The van der Waals surface area contributed by atoms with E-state index in [1.807, 2.05) is 37.3 Å². The van der Waals surface area contributed by atoms with Crippen molar-refractivity contribution in [2.45, 2.75) is 13.0 Å². The molecule has 1 unspecified atom stereocenters. The summed E-state index contributed by atoms with van der Waals surface area (Å²) >= 11 is 0. The molecule has 3 rings (SSSR count). The molecule has 1 aliphatic heterocycles. The number of hydrogen-bond acceptors (Lipinski definition) is 3. The van der Waals surface area contributed by atoms with E-state index in [-0.39, 0.29) is 11.8 Å². The molecule has 3 heteroatoms. The van der Waals surface area contributed by atoms with Gasteiger partial charge >= 0.3 is 0 Å². The normalized spacial score (nSPS) is 18.1. The fraction of sp³-hybridized carbons (Fsp3) is 0.353. The molecule has 2 aromatic rings. The van der Waals surface area contributed by atoms with Gasteiger partial charge in [0.15, 0.2) is 5.78 Å². The minimum atomic E-state index is -0.0433. The van der Waals surface area contributed by atoms with Gasteiger partial charge in [0.2, 0.25) is 0 Å². The Kier molecular flexibility index (Phi) is 3.81. The monoisotopic (exact) mass is 268 g/mol. The van der Waals surface area contributed by atoms with Gasteiger partial charge in [-0.25, -0.2) is 0 Å². The van der Waals surface area contributed by atoms with Gasteiger partial charge in [0.05, 0.1) is 6.04 Å². The van der Waals surface area contributed by atoms with E-state index < -0.39 is 0 Å². The molecule has 104 valence electrons. The fourth-order valence-electron chi connectivity index (χ4n) is 2.82. The first-order chi connectivity index (χ1) is 9.75. The largest absolute Gasteiger partial charge is 0.314 e. The summed E-state index contributed by atoms with van der Waals surface area (Å²) in [6.07, 6.45) is 0. The quantitative estimate of drug-likeness (QED) is 0.867. The molecule has 2 aromatic carbocycles. The van der Waals surface area contributed by atoms with Crippen molar-refractivity contribution in [1.82, 2.24) is 10.2 Å². The van der Waals surface area contributed by atoms with Crippen LogP contribution < -0.4 is 5.32 Å². The number of piperazine rings is 1. The Morgan fingerprint density at radius 2 is 1.80 bits per heavy atom. The highest BCUT2D eigenvalue weighted by Crippen LogP contribution is 2.18. The summed E-state index contributed by atoms with van der Waals surface area (Å²) in [6, 6.07) is 14.1. The van der Waals surface area contributed by atoms with Gasteiger partial charge in [-0.1, -0.05) is 36.4 Å². The molecule has 0 spiro atoms. The molecular formula is C17H20N2O. The van der Waals surface area contributed by atoms with Crippen molar-refractivity contribution in [3.05, 3.63) is 48.0 Å². The second-order valence-corrected chi connectivity index (χ2v) is 5.39. The van der Waals surface area contributed by atoms with Crippen LogP contribution in [0.25, 0.3) is 10.8 Å². The van der Waals surface area contributed by atoms with E-state index in [1.54, 1.807) is 0 Å². The molecule has 0 aliphatic carbocycles. The number of Topliss-reactive ketones (excluding diaryl/α,β-unsaturated/α-hetero) is 1. The lowest BCUT2D eigenvalue weighted by atomic mass is 10.00. The van der Waals surface area contributed by atoms with Crippen molar-refractivity contribution in [2.75, 3.05) is 26.2 Å². The van der Waals surface area contributed by atoms with Crippen molar-refractivity contribution < 1.29 is 4.79 Å². The van der Waals surface area contributed by atoms with Gasteiger partial charge in [-0.2, -0.15) is 0 Å². The Bertz CT molecular complexity index is 617. The molecule has 1 heterocycles. The predicted molar refractivity (Wildman–Crippen MR) is 82.2 cm³/mol. The molecule has 0 amide bonds. The Hall–Kier alpha value is -1.71. The van der Waals surface area contributed by atoms with E-state index in [2.05, 4.69) is 22.3 Å². The molecule has 1 atom stereocenters. The number of ketones is 1. The van der Waals surface area contributed by atoms with Crippen molar-refractivity contribution in [1.29, 1.82) is 0 Å². The number of rotatable bonds is 3. The van der Waals surface area contributed by atoms with Crippen molar-refractivity contribution in [3.8, 4) is 0 Å². The van der Waals surface area contributed by atoms with Crippen LogP contribution in [0.4, 0.5) is 0 Å². The zero-order chi connectivity index (χ0) is 13.9. The van der Waals surface area contributed by atoms with E-state index >= 15 is 0 Å². The summed E-state index contributed by atoms with van der Waals surface area (Å²) in [7, 11) is 0. The number of hydrogen-bond donors (Lipinski definition) is 1. The first kappa shape index (κ1) is 13.3. The van der Waals surface area contributed by atoms with Gasteiger partial charge in [-0.05, 0) is 23.8 Å². The molecule has 1 N–H and O–H groups in total. The van der Waals surface area contributed by atoms with Crippen LogP contribution >= 0.6 is 0 Å². The maximum atomic E-state index is 12.6. The van der Waals surface area contributed by atoms with Crippen LogP contribution in [-0.2, 0) is 0 Å². The zero-order valence-electron chi connectivity index (χ0n) is 11.8. The van der Waals surface area contributed by atoms with Crippen LogP contribution in [0.15, 0.2) is 42.5 Å². The van der Waals surface area contributed by atoms with Gasteiger partial charge in [0.1, 0.15) is 0 Å². The average Bonchev–Trinajstić information content (AvgIpc) is 2.54. The molecular weight excluding hydrogens is 248 g/mol. The molecule has 20 heavy (non-hydrogen) atoms. The van der Waals surface area contributed by atoms with E-state index in [9.17, 15) is 4.79 Å². The van der Waals surface area contributed by atoms with Gasteiger partial charge in [0, 0.05) is 31.7 Å². The SMILES string of the molecule is CC(C(=O)c1ccc2ccccc2c1)N1CCNCC1. The highest BCUT2D eigenvalue weighted by molar-refractivity contribution is 6.02. The number of nitrogens with one attached hydrogen (secondary N) is 1. The Morgan fingerprint density at radius 3 is 2.55 bits per heavy atom. The summed E-state index contributed by atoms with van der Waals surface area (Å²) in [5.41, 5.74) is 0.815. The number of nitrogens with zero attached hydrogens (tertiary/aromatic N) is 1. The molecule has 0 aromatic heterocycles. The summed E-state index contributed by atoms with van der Waals surface area (Å²) in [4.78, 5) is 14.9. The predicted octanol–water partition coefficient (Wildman–Crippen LogP) is 2.32. The van der Waals surface area contributed by atoms with Crippen molar-refractivity contribution >= 4 is 16.6 Å². The molecule has 0 saturated carbocycles. The summed E-state index contributed by atoms with van der Waals surface area (Å²) < 4.78 is 0. The van der Waals surface area contributed by atoms with E-state index in [0.29, 0.717) is 0 Å². The van der Waals surface area contributed by atoms with E-state index in [0.717, 1.165) is 37.1 Å².